The lowest BCUT2D eigenvalue weighted by atomic mass is 10.3. The number of carbonyl (C=O) groups excluding carboxylic acids is 1. The summed E-state index contributed by atoms with van der Waals surface area (Å²) >= 11 is 1.53. The number of nitrogens with zero attached hydrogens (tertiary/aromatic N) is 2. The van der Waals surface area contributed by atoms with Crippen LogP contribution >= 0.6 is 11.3 Å². The molecule has 0 saturated heterocycles. The van der Waals surface area contributed by atoms with E-state index < -0.39 is 5.97 Å². The fraction of sp³-hybridized carbons (Fsp3) is 0.182. The van der Waals surface area contributed by atoms with Gasteiger partial charge in [-0.15, -0.1) is 11.3 Å². The summed E-state index contributed by atoms with van der Waals surface area (Å²) in [7, 11) is 1.30. The van der Waals surface area contributed by atoms with Crippen molar-refractivity contribution in [1.29, 1.82) is 0 Å². The lowest BCUT2D eigenvalue weighted by Crippen LogP contribution is -2.07. The van der Waals surface area contributed by atoms with Crippen molar-refractivity contribution in [3.8, 4) is 10.6 Å². The highest BCUT2D eigenvalue weighted by Crippen LogP contribution is 2.31. The van der Waals surface area contributed by atoms with Gasteiger partial charge in [0.05, 0.1) is 17.7 Å². The third-order valence-corrected chi connectivity index (χ3v) is 3.32. The van der Waals surface area contributed by atoms with Gasteiger partial charge < -0.3 is 10.5 Å². The molecule has 88 valence electrons. The molecule has 0 amide bonds. The number of ether oxygens (including phenoxy) is 1. The van der Waals surface area contributed by atoms with Crippen molar-refractivity contribution in [3.05, 3.63) is 29.0 Å². The molecule has 0 saturated carbocycles. The molecule has 2 rings (SSSR count). The quantitative estimate of drug-likeness (QED) is 0.822. The third kappa shape index (κ3) is 2.26. The van der Waals surface area contributed by atoms with E-state index in [2.05, 4.69) is 14.7 Å². The molecule has 2 N–H and O–H groups in total. The minimum absolute atomic E-state index is 0.0506. The number of nitrogen functional groups attached to an aromatic ring is 1. The van der Waals surface area contributed by atoms with Crippen LogP contribution in [0, 0.1) is 6.92 Å². The molecule has 0 bridgehead atoms. The van der Waals surface area contributed by atoms with E-state index in [9.17, 15) is 4.79 Å². The van der Waals surface area contributed by atoms with Gasteiger partial charge in [0.1, 0.15) is 0 Å². The van der Waals surface area contributed by atoms with Crippen LogP contribution in [-0.4, -0.2) is 23.0 Å². The van der Waals surface area contributed by atoms with Crippen molar-refractivity contribution in [3.63, 3.8) is 0 Å². The van der Waals surface area contributed by atoms with E-state index in [1.807, 2.05) is 13.0 Å². The molecule has 0 atom stereocenters. The van der Waals surface area contributed by atoms with Crippen LogP contribution in [0.25, 0.3) is 10.6 Å². The first-order valence-electron chi connectivity index (χ1n) is 4.89. The number of nitrogens with two attached hydrogens (primary N) is 1. The summed E-state index contributed by atoms with van der Waals surface area (Å²) < 4.78 is 4.57. The lowest BCUT2D eigenvalue weighted by Gasteiger charge is -1.99. The number of aromatic nitrogens is 2. The molecule has 0 radical (unpaired) electrons. The fourth-order valence-corrected chi connectivity index (χ4v) is 2.22. The number of anilines is 1. The Morgan fingerprint density at radius 2 is 2.29 bits per heavy atom. The maximum absolute atomic E-state index is 11.3. The number of esters is 1. The molecule has 6 heteroatoms. The Morgan fingerprint density at radius 3 is 2.88 bits per heavy atom. The van der Waals surface area contributed by atoms with Gasteiger partial charge in [-0.25, -0.2) is 14.8 Å². The fourth-order valence-electron chi connectivity index (χ4n) is 1.31. The first-order valence-corrected chi connectivity index (χ1v) is 5.71. The Balaban J connectivity index is 2.42. The Hall–Kier alpha value is -1.95. The molecule has 0 aliphatic heterocycles. The number of rotatable bonds is 2. The number of hydrogen-bond donors (Lipinski definition) is 1. The van der Waals surface area contributed by atoms with Gasteiger partial charge in [-0.3, -0.25) is 0 Å². The summed E-state index contributed by atoms with van der Waals surface area (Å²) in [5.41, 5.74) is 7.17. The number of methoxy groups -OCH3 is 1. The molecule has 0 fully saturated rings. The maximum atomic E-state index is 11.3. The Kier molecular flexibility index (Phi) is 3.06. The molecule has 17 heavy (non-hydrogen) atoms. The van der Waals surface area contributed by atoms with Crippen molar-refractivity contribution in [2.24, 2.45) is 0 Å². The predicted molar refractivity (Wildman–Crippen MR) is 65.8 cm³/mol. The van der Waals surface area contributed by atoms with Crippen molar-refractivity contribution < 1.29 is 9.53 Å². The summed E-state index contributed by atoms with van der Waals surface area (Å²) in [4.78, 5) is 21.2. The van der Waals surface area contributed by atoms with Crippen LogP contribution in [0.1, 0.15) is 15.5 Å². The normalized spacial score (nSPS) is 10.2. The second-order valence-electron chi connectivity index (χ2n) is 3.38. The number of carbonyl (C=O) groups is 1. The average molecular weight is 249 g/mol. The average Bonchev–Trinajstić information content (AvgIpc) is 2.69. The molecule has 2 aromatic rings. The molecule has 0 unspecified atom stereocenters. The van der Waals surface area contributed by atoms with E-state index in [0.717, 1.165) is 15.4 Å². The first kappa shape index (κ1) is 11.5. The van der Waals surface area contributed by atoms with Crippen molar-refractivity contribution in [1.82, 2.24) is 9.97 Å². The highest BCUT2D eigenvalue weighted by Gasteiger charge is 2.12. The molecule has 0 aromatic carbocycles. The van der Waals surface area contributed by atoms with Crippen molar-refractivity contribution >= 4 is 23.0 Å². The number of thiophene rings is 1. The zero-order valence-corrected chi connectivity index (χ0v) is 10.2. The van der Waals surface area contributed by atoms with Gasteiger partial charge in [0.15, 0.2) is 0 Å². The van der Waals surface area contributed by atoms with Gasteiger partial charge in [0.25, 0.3) is 0 Å². The summed E-state index contributed by atoms with van der Waals surface area (Å²) in [6.07, 6.45) is 1.53. The van der Waals surface area contributed by atoms with E-state index in [-0.39, 0.29) is 5.82 Å². The Bertz CT molecular complexity index is 546. The van der Waals surface area contributed by atoms with Crippen LogP contribution in [0.4, 0.5) is 5.69 Å². The van der Waals surface area contributed by atoms with E-state index in [1.165, 1.54) is 24.6 Å². The molecule has 0 aliphatic carbocycles. The summed E-state index contributed by atoms with van der Waals surface area (Å²) in [6, 6.07) is 3.57. The molecule has 2 heterocycles. The summed E-state index contributed by atoms with van der Waals surface area (Å²) in [5, 5.41) is 0. The second kappa shape index (κ2) is 4.50. The van der Waals surface area contributed by atoms with Crippen LogP contribution in [-0.2, 0) is 4.74 Å². The molecule has 5 nitrogen and oxygen atoms in total. The van der Waals surface area contributed by atoms with Gasteiger partial charge in [-0.1, -0.05) is 0 Å². The van der Waals surface area contributed by atoms with Crippen LogP contribution in [0.3, 0.4) is 0 Å². The zero-order chi connectivity index (χ0) is 12.4. The van der Waals surface area contributed by atoms with Crippen LogP contribution in [0.15, 0.2) is 18.3 Å². The monoisotopic (exact) mass is 249 g/mol. The zero-order valence-electron chi connectivity index (χ0n) is 9.43. The number of hydrogen-bond acceptors (Lipinski definition) is 6. The van der Waals surface area contributed by atoms with Crippen molar-refractivity contribution in [2.75, 3.05) is 12.8 Å². The highest BCUT2D eigenvalue weighted by molar-refractivity contribution is 7.16. The van der Waals surface area contributed by atoms with Gasteiger partial charge >= 0.3 is 5.97 Å². The smallest absolute Gasteiger partial charge is 0.376 e. The van der Waals surface area contributed by atoms with Gasteiger partial charge in [-0.05, 0) is 19.1 Å². The number of aryl methyl sites for hydroxylation is 1. The molecule has 2 aromatic heterocycles. The maximum Gasteiger partial charge on any atom is 0.376 e. The van der Waals surface area contributed by atoms with Crippen molar-refractivity contribution in [2.45, 2.75) is 6.92 Å². The summed E-state index contributed by atoms with van der Waals surface area (Å²) in [5.74, 6) is -0.497. The second-order valence-corrected chi connectivity index (χ2v) is 4.64. The highest BCUT2D eigenvalue weighted by atomic mass is 32.1. The Labute approximate surface area is 102 Å². The van der Waals surface area contributed by atoms with E-state index >= 15 is 0 Å². The predicted octanol–water partition coefficient (Wildman–Crippen LogP) is 1.88. The first-order chi connectivity index (χ1) is 8.11. The lowest BCUT2D eigenvalue weighted by molar-refractivity contribution is 0.0587. The van der Waals surface area contributed by atoms with Gasteiger partial charge in [-0.2, -0.15) is 0 Å². The van der Waals surface area contributed by atoms with E-state index in [0.29, 0.717) is 5.69 Å². The minimum atomic E-state index is -0.548. The standard InChI is InChI=1S/C11H11N3O2S/c1-6-7(12)5-9(17-6)8-3-4-13-10(14-8)11(15)16-2/h3-5H,12H2,1-2H3. The molecular weight excluding hydrogens is 238 g/mol. The van der Waals surface area contributed by atoms with Gasteiger partial charge in [0.2, 0.25) is 5.82 Å². The van der Waals surface area contributed by atoms with Crippen LogP contribution < -0.4 is 5.73 Å². The van der Waals surface area contributed by atoms with Crippen LogP contribution in [0.5, 0.6) is 0 Å². The minimum Gasteiger partial charge on any atom is -0.463 e. The SMILES string of the molecule is COC(=O)c1nccc(-c2cc(N)c(C)s2)n1. The van der Waals surface area contributed by atoms with Crippen LogP contribution in [0.2, 0.25) is 0 Å². The summed E-state index contributed by atoms with van der Waals surface area (Å²) in [6.45, 7) is 1.94. The molecular formula is C11H11N3O2S. The largest absolute Gasteiger partial charge is 0.463 e. The van der Waals surface area contributed by atoms with E-state index in [1.54, 1.807) is 6.07 Å². The topological polar surface area (TPSA) is 78.1 Å². The third-order valence-electron chi connectivity index (χ3n) is 2.23. The van der Waals surface area contributed by atoms with E-state index in [4.69, 9.17) is 5.73 Å². The molecule has 0 aliphatic rings. The Morgan fingerprint density at radius 1 is 1.53 bits per heavy atom. The van der Waals surface area contributed by atoms with Gasteiger partial charge in [0, 0.05) is 16.8 Å². The molecule has 0 spiro atoms.